The lowest BCUT2D eigenvalue weighted by molar-refractivity contribution is -0.152. The van der Waals surface area contributed by atoms with Crippen molar-refractivity contribution in [3.63, 3.8) is 0 Å². The summed E-state index contributed by atoms with van der Waals surface area (Å²) in [6, 6.07) is 5.73. The number of nitrogens with zero attached hydrogens (tertiary/aromatic N) is 1. The van der Waals surface area contributed by atoms with Gasteiger partial charge >= 0.3 is 5.97 Å². The number of carbonyl (C=O) groups excluding carboxylic acids is 3. The van der Waals surface area contributed by atoms with E-state index in [1.165, 1.54) is 0 Å². The maximum absolute atomic E-state index is 12.8. The number of nitrogen functional groups attached to an aromatic ring is 1. The van der Waals surface area contributed by atoms with Crippen molar-refractivity contribution in [2.75, 3.05) is 26.3 Å². The molecule has 0 saturated carbocycles. The smallest absolute Gasteiger partial charge is 0.332 e. The van der Waals surface area contributed by atoms with E-state index in [1.807, 2.05) is 6.92 Å². The first kappa shape index (κ1) is 23.3. The highest BCUT2D eigenvalue weighted by molar-refractivity contribution is 5.99. The molecule has 2 amide bonds. The normalized spacial score (nSPS) is 15.3. The number of ether oxygens (including phenoxy) is 2. The first-order valence-electron chi connectivity index (χ1n) is 10.2. The Morgan fingerprint density at radius 2 is 1.77 bits per heavy atom. The predicted molar refractivity (Wildman–Crippen MR) is 111 cm³/mol. The third-order valence-corrected chi connectivity index (χ3v) is 4.97. The van der Waals surface area contributed by atoms with Crippen molar-refractivity contribution < 1.29 is 23.9 Å². The zero-order valence-electron chi connectivity index (χ0n) is 17.5. The Kier molecular flexibility index (Phi) is 8.79. The number of hydrogen-bond acceptors (Lipinski definition) is 6. The average molecular weight is 418 g/mol. The maximum atomic E-state index is 12.8. The molecule has 0 aliphatic carbocycles. The molecule has 1 aliphatic heterocycles. The maximum Gasteiger partial charge on any atom is 0.332 e. The van der Waals surface area contributed by atoms with Gasteiger partial charge in [0.15, 0.2) is 0 Å². The number of amidine groups is 1. The van der Waals surface area contributed by atoms with Gasteiger partial charge in [0.2, 0.25) is 5.91 Å². The Hall–Kier alpha value is -2.94. The quantitative estimate of drug-likeness (QED) is 0.312. The molecule has 1 heterocycles. The summed E-state index contributed by atoms with van der Waals surface area (Å²) in [5, 5.41) is 10.2. The molecule has 1 aromatic carbocycles. The van der Waals surface area contributed by atoms with E-state index in [9.17, 15) is 14.4 Å². The van der Waals surface area contributed by atoms with Gasteiger partial charge in [-0.15, -0.1) is 0 Å². The van der Waals surface area contributed by atoms with Crippen LogP contribution in [0, 0.1) is 5.41 Å². The van der Waals surface area contributed by atoms with E-state index in [0.717, 1.165) is 0 Å². The van der Waals surface area contributed by atoms with Crippen LogP contribution in [0.2, 0.25) is 0 Å². The zero-order valence-corrected chi connectivity index (χ0v) is 17.5. The number of carbonyl (C=O) groups is 3. The monoisotopic (exact) mass is 418 g/mol. The average Bonchev–Trinajstić information content (AvgIpc) is 2.76. The minimum atomic E-state index is -0.623. The summed E-state index contributed by atoms with van der Waals surface area (Å²) in [7, 11) is 0. The Morgan fingerprint density at radius 3 is 2.30 bits per heavy atom. The molecule has 9 nitrogen and oxygen atoms in total. The highest BCUT2D eigenvalue weighted by Gasteiger charge is 2.29. The van der Waals surface area contributed by atoms with Gasteiger partial charge in [0.05, 0.1) is 12.7 Å². The summed E-state index contributed by atoms with van der Waals surface area (Å²) in [4.78, 5) is 38.5. The van der Waals surface area contributed by atoms with Crippen LogP contribution in [0.15, 0.2) is 24.3 Å². The van der Waals surface area contributed by atoms with Gasteiger partial charge < -0.3 is 25.4 Å². The van der Waals surface area contributed by atoms with Crippen LogP contribution in [-0.2, 0) is 19.1 Å². The molecule has 0 unspecified atom stereocenters. The standard InChI is InChI=1S/C21H30N4O5/c1-3-17(24-20(27)15-7-5-14(6-8-15)19(22)23)21(28)25-11-9-16(10-12-25)30-13-18(26)29-4-2/h5-8,16-17H,3-4,9-13H2,1-2H3,(H3,22,23)(H,24,27)/t17-/m0/s1. The summed E-state index contributed by atoms with van der Waals surface area (Å²) < 4.78 is 10.4. The van der Waals surface area contributed by atoms with Gasteiger partial charge in [-0.05, 0) is 38.3 Å². The molecule has 9 heteroatoms. The third-order valence-electron chi connectivity index (χ3n) is 4.97. The second kappa shape index (κ2) is 11.3. The molecule has 4 N–H and O–H groups in total. The van der Waals surface area contributed by atoms with E-state index in [0.29, 0.717) is 50.1 Å². The molecule has 0 aromatic heterocycles. The van der Waals surface area contributed by atoms with Crippen molar-refractivity contribution in [1.82, 2.24) is 10.2 Å². The van der Waals surface area contributed by atoms with Crippen LogP contribution in [0.1, 0.15) is 49.0 Å². The van der Waals surface area contributed by atoms with E-state index >= 15 is 0 Å². The first-order chi connectivity index (χ1) is 14.3. The fraction of sp³-hybridized carbons (Fsp3) is 0.524. The van der Waals surface area contributed by atoms with Gasteiger partial charge in [0.25, 0.3) is 5.91 Å². The van der Waals surface area contributed by atoms with Gasteiger partial charge in [-0.3, -0.25) is 15.0 Å². The molecular weight excluding hydrogens is 388 g/mol. The molecule has 1 saturated heterocycles. The van der Waals surface area contributed by atoms with Crippen LogP contribution in [0.25, 0.3) is 0 Å². The number of esters is 1. The van der Waals surface area contributed by atoms with Crippen molar-refractivity contribution in [2.45, 2.75) is 45.3 Å². The molecule has 1 fully saturated rings. The van der Waals surface area contributed by atoms with Crippen LogP contribution in [-0.4, -0.2) is 67.0 Å². The van der Waals surface area contributed by atoms with Crippen molar-refractivity contribution in [3.8, 4) is 0 Å². The fourth-order valence-corrected chi connectivity index (χ4v) is 3.23. The van der Waals surface area contributed by atoms with Crippen molar-refractivity contribution in [3.05, 3.63) is 35.4 Å². The highest BCUT2D eigenvalue weighted by atomic mass is 16.6. The van der Waals surface area contributed by atoms with E-state index in [-0.39, 0.29) is 36.3 Å². The molecule has 1 aromatic rings. The van der Waals surface area contributed by atoms with Crippen molar-refractivity contribution in [1.29, 1.82) is 5.41 Å². The molecule has 164 valence electrons. The summed E-state index contributed by atoms with van der Waals surface area (Å²) in [6.07, 6.45) is 1.63. The van der Waals surface area contributed by atoms with Gasteiger partial charge in [-0.2, -0.15) is 0 Å². The fourth-order valence-electron chi connectivity index (χ4n) is 3.23. The zero-order chi connectivity index (χ0) is 22.1. The van der Waals surface area contributed by atoms with Crippen molar-refractivity contribution >= 4 is 23.6 Å². The lowest BCUT2D eigenvalue weighted by Crippen LogP contribution is -2.51. The lowest BCUT2D eigenvalue weighted by atomic mass is 10.1. The SMILES string of the molecule is CCOC(=O)COC1CCN(C(=O)[C@H](CC)NC(=O)c2ccc(C(=N)N)cc2)CC1. The topological polar surface area (TPSA) is 135 Å². The summed E-state index contributed by atoms with van der Waals surface area (Å²) in [5.41, 5.74) is 6.35. The van der Waals surface area contributed by atoms with E-state index in [4.69, 9.17) is 20.6 Å². The molecule has 0 spiro atoms. The molecule has 0 radical (unpaired) electrons. The van der Waals surface area contributed by atoms with Gasteiger partial charge in [0, 0.05) is 24.2 Å². The Balaban J connectivity index is 1.85. The van der Waals surface area contributed by atoms with E-state index in [1.54, 1.807) is 36.1 Å². The number of nitrogens with two attached hydrogens (primary N) is 1. The number of rotatable bonds is 9. The minimum absolute atomic E-state index is 0.0711. The summed E-state index contributed by atoms with van der Waals surface area (Å²) in [5.74, 6) is -0.938. The molecule has 2 rings (SSSR count). The number of piperidine rings is 1. The van der Waals surface area contributed by atoms with Gasteiger partial charge in [-0.1, -0.05) is 19.1 Å². The number of amides is 2. The van der Waals surface area contributed by atoms with Crippen LogP contribution < -0.4 is 11.1 Å². The highest BCUT2D eigenvalue weighted by Crippen LogP contribution is 2.16. The van der Waals surface area contributed by atoms with Gasteiger partial charge in [0.1, 0.15) is 18.5 Å². The number of benzene rings is 1. The van der Waals surface area contributed by atoms with Gasteiger partial charge in [-0.25, -0.2) is 4.79 Å². The number of hydrogen-bond donors (Lipinski definition) is 3. The van der Waals surface area contributed by atoms with Crippen LogP contribution in [0.4, 0.5) is 0 Å². The molecule has 0 bridgehead atoms. The van der Waals surface area contributed by atoms with Crippen LogP contribution >= 0.6 is 0 Å². The Bertz CT molecular complexity index is 757. The summed E-state index contributed by atoms with van der Waals surface area (Å²) >= 11 is 0. The predicted octanol–water partition coefficient (Wildman–Crippen LogP) is 1.05. The molecule has 30 heavy (non-hydrogen) atoms. The lowest BCUT2D eigenvalue weighted by Gasteiger charge is -2.34. The Labute approximate surface area is 176 Å². The summed E-state index contributed by atoms with van der Waals surface area (Å²) in [6.45, 7) is 4.84. The van der Waals surface area contributed by atoms with Crippen molar-refractivity contribution in [2.24, 2.45) is 5.73 Å². The molecule has 1 aliphatic rings. The largest absolute Gasteiger partial charge is 0.464 e. The second-order valence-corrected chi connectivity index (χ2v) is 7.07. The number of nitrogens with one attached hydrogen (secondary N) is 2. The Morgan fingerprint density at radius 1 is 1.17 bits per heavy atom. The van der Waals surface area contributed by atoms with E-state index < -0.39 is 6.04 Å². The molecular formula is C21H30N4O5. The minimum Gasteiger partial charge on any atom is -0.464 e. The van der Waals surface area contributed by atoms with Crippen LogP contribution in [0.5, 0.6) is 0 Å². The molecule has 1 atom stereocenters. The third kappa shape index (κ3) is 6.55. The second-order valence-electron chi connectivity index (χ2n) is 7.07. The number of likely N-dealkylation sites (tertiary alicyclic amines) is 1. The first-order valence-corrected chi connectivity index (χ1v) is 10.2. The van der Waals surface area contributed by atoms with E-state index in [2.05, 4.69) is 5.32 Å². The van der Waals surface area contributed by atoms with Crippen LogP contribution in [0.3, 0.4) is 0 Å².